The van der Waals surface area contributed by atoms with Crippen LogP contribution in [-0.4, -0.2) is 12.9 Å². The lowest BCUT2D eigenvalue weighted by Crippen LogP contribution is -2.15. The average molecular weight is 218 g/mol. The van der Waals surface area contributed by atoms with E-state index < -0.39 is 0 Å². The van der Waals surface area contributed by atoms with Crippen LogP contribution in [0, 0.1) is 11.8 Å². The Labute approximate surface area is 96.6 Å². The molecular formula is C14H18O2. The molecule has 0 amide bonds. The number of hydrogen-bond acceptors (Lipinski definition) is 2. The second kappa shape index (κ2) is 4.69. The van der Waals surface area contributed by atoms with Crippen LogP contribution in [0.4, 0.5) is 0 Å². The van der Waals surface area contributed by atoms with Crippen LogP contribution in [0.2, 0.25) is 0 Å². The van der Waals surface area contributed by atoms with E-state index in [2.05, 4.69) is 6.92 Å². The van der Waals surface area contributed by atoms with Gasteiger partial charge in [-0.2, -0.15) is 0 Å². The van der Waals surface area contributed by atoms with Crippen LogP contribution in [0.3, 0.4) is 0 Å². The van der Waals surface area contributed by atoms with Gasteiger partial charge in [0.25, 0.3) is 0 Å². The van der Waals surface area contributed by atoms with E-state index in [1.54, 1.807) is 7.11 Å². The second-order valence-corrected chi connectivity index (χ2v) is 4.62. The van der Waals surface area contributed by atoms with Crippen LogP contribution in [0.5, 0.6) is 5.75 Å². The molecule has 2 heteroatoms. The van der Waals surface area contributed by atoms with Crippen LogP contribution in [0.15, 0.2) is 24.3 Å². The van der Waals surface area contributed by atoms with Crippen molar-refractivity contribution < 1.29 is 9.53 Å². The molecule has 0 bridgehead atoms. The Morgan fingerprint density at radius 2 is 2.00 bits per heavy atom. The lowest BCUT2D eigenvalue weighted by atomic mass is 9.95. The molecule has 1 aromatic rings. The fourth-order valence-corrected chi connectivity index (χ4v) is 1.96. The van der Waals surface area contributed by atoms with Gasteiger partial charge >= 0.3 is 0 Å². The fraction of sp³-hybridized carbons (Fsp3) is 0.500. The largest absolute Gasteiger partial charge is 0.497 e. The third-order valence-corrected chi connectivity index (χ3v) is 3.37. The summed E-state index contributed by atoms with van der Waals surface area (Å²) in [5.74, 6) is 2.10. The summed E-state index contributed by atoms with van der Waals surface area (Å²) in [6.07, 6.45) is 3.02. The van der Waals surface area contributed by atoms with Crippen molar-refractivity contribution in [3.8, 4) is 5.75 Å². The standard InChI is InChI=1S/C14H18O2/c1-10(12-5-6-12)14(15)9-11-3-7-13(16-2)8-4-11/h3-4,7-8,10,12H,5-6,9H2,1-2H3. The highest BCUT2D eigenvalue weighted by molar-refractivity contribution is 5.83. The van der Waals surface area contributed by atoms with E-state index in [4.69, 9.17) is 4.74 Å². The van der Waals surface area contributed by atoms with Crippen molar-refractivity contribution in [2.45, 2.75) is 26.2 Å². The van der Waals surface area contributed by atoms with E-state index in [0.29, 0.717) is 18.1 Å². The molecular weight excluding hydrogens is 200 g/mol. The zero-order chi connectivity index (χ0) is 11.5. The number of carbonyl (C=O) groups is 1. The summed E-state index contributed by atoms with van der Waals surface area (Å²) < 4.78 is 5.08. The molecule has 0 radical (unpaired) electrons. The van der Waals surface area contributed by atoms with E-state index in [1.807, 2.05) is 24.3 Å². The van der Waals surface area contributed by atoms with E-state index in [-0.39, 0.29) is 5.92 Å². The van der Waals surface area contributed by atoms with Crippen molar-refractivity contribution in [2.24, 2.45) is 11.8 Å². The number of methoxy groups -OCH3 is 1. The first-order valence-electron chi connectivity index (χ1n) is 5.86. The van der Waals surface area contributed by atoms with Gasteiger partial charge in [-0.25, -0.2) is 0 Å². The Morgan fingerprint density at radius 3 is 2.50 bits per heavy atom. The van der Waals surface area contributed by atoms with Crippen molar-refractivity contribution in [2.75, 3.05) is 7.11 Å². The first-order valence-corrected chi connectivity index (χ1v) is 5.86. The van der Waals surface area contributed by atoms with Gasteiger partial charge in [-0.3, -0.25) is 4.79 Å². The first kappa shape index (κ1) is 11.2. The van der Waals surface area contributed by atoms with Gasteiger partial charge in [0.15, 0.2) is 0 Å². The van der Waals surface area contributed by atoms with E-state index >= 15 is 0 Å². The molecule has 1 fully saturated rings. The predicted octanol–water partition coefficient (Wildman–Crippen LogP) is 2.85. The lowest BCUT2D eigenvalue weighted by molar-refractivity contribution is -0.122. The van der Waals surface area contributed by atoms with Gasteiger partial charge in [0.2, 0.25) is 0 Å². The van der Waals surface area contributed by atoms with Crippen LogP contribution in [0.1, 0.15) is 25.3 Å². The van der Waals surface area contributed by atoms with Crippen molar-refractivity contribution in [1.82, 2.24) is 0 Å². The SMILES string of the molecule is COc1ccc(CC(=O)C(C)C2CC2)cc1. The fourth-order valence-electron chi connectivity index (χ4n) is 1.96. The minimum atomic E-state index is 0.238. The Balaban J connectivity index is 1.94. The van der Waals surface area contributed by atoms with Gasteiger partial charge in [0.1, 0.15) is 11.5 Å². The topological polar surface area (TPSA) is 26.3 Å². The molecule has 1 aromatic carbocycles. The minimum absolute atomic E-state index is 0.238. The van der Waals surface area contributed by atoms with Crippen molar-refractivity contribution >= 4 is 5.78 Å². The van der Waals surface area contributed by atoms with Gasteiger partial charge in [-0.15, -0.1) is 0 Å². The summed E-state index contributed by atoms with van der Waals surface area (Å²) in [6, 6.07) is 7.75. The average Bonchev–Trinajstić information content (AvgIpc) is 3.13. The Bertz CT molecular complexity index is 363. The summed E-state index contributed by atoms with van der Waals surface area (Å²) in [7, 11) is 1.65. The molecule has 1 atom stereocenters. The molecule has 1 unspecified atom stereocenters. The monoisotopic (exact) mass is 218 g/mol. The summed E-state index contributed by atoms with van der Waals surface area (Å²) in [6.45, 7) is 2.06. The molecule has 0 aliphatic heterocycles. The molecule has 2 nitrogen and oxygen atoms in total. The number of ketones is 1. The number of rotatable bonds is 5. The second-order valence-electron chi connectivity index (χ2n) is 4.62. The van der Waals surface area contributed by atoms with Crippen LogP contribution in [-0.2, 0) is 11.2 Å². The highest BCUT2D eigenvalue weighted by Crippen LogP contribution is 2.37. The zero-order valence-electron chi connectivity index (χ0n) is 9.90. The molecule has 0 heterocycles. The number of ether oxygens (including phenoxy) is 1. The summed E-state index contributed by atoms with van der Waals surface area (Å²) in [5.41, 5.74) is 1.08. The Kier molecular flexibility index (Phi) is 3.28. The summed E-state index contributed by atoms with van der Waals surface area (Å²) >= 11 is 0. The predicted molar refractivity (Wildman–Crippen MR) is 63.6 cm³/mol. The van der Waals surface area contributed by atoms with Crippen LogP contribution < -0.4 is 4.74 Å². The highest BCUT2D eigenvalue weighted by atomic mass is 16.5. The summed E-state index contributed by atoms with van der Waals surface area (Å²) in [5, 5.41) is 0. The zero-order valence-corrected chi connectivity index (χ0v) is 9.90. The maximum absolute atomic E-state index is 11.9. The molecule has 1 aliphatic carbocycles. The molecule has 0 N–H and O–H groups in total. The Hall–Kier alpha value is -1.31. The smallest absolute Gasteiger partial charge is 0.140 e. The minimum Gasteiger partial charge on any atom is -0.497 e. The number of benzene rings is 1. The third-order valence-electron chi connectivity index (χ3n) is 3.37. The number of Topliss-reactive ketones (excluding diaryl/α,β-unsaturated/α-hetero) is 1. The van der Waals surface area contributed by atoms with E-state index in [1.165, 1.54) is 12.8 Å². The quantitative estimate of drug-likeness (QED) is 0.759. The van der Waals surface area contributed by atoms with Gasteiger partial charge in [-0.1, -0.05) is 19.1 Å². The highest BCUT2D eigenvalue weighted by Gasteiger charge is 2.32. The molecule has 0 saturated heterocycles. The van der Waals surface area contributed by atoms with E-state index in [0.717, 1.165) is 11.3 Å². The molecule has 0 aromatic heterocycles. The third kappa shape index (κ3) is 2.63. The van der Waals surface area contributed by atoms with Gasteiger partial charge in [0, 0.05) is 12.3 Å². The van der Waals surface area contributed by atoms with Gasteiger partial charge in [0.05, 0.1) is 7.11 Å². The van der Waals surface area contributed by atoms with Gasteiger partial charge in [-0.05, 0) is 36.5 Å². The van der Waals surface area contributed by atoms with Crippen molar-refractivity contribution in [3.05, 3.63) is 29.8 Å². The van der Waals surface area contributed by atoms with Crippen molar-refractivity contribution in [3.63, 3.8) is 0 Å². The molecule has 1 saturated carbocycles. The molecule has 2 rings (SSSR count). The molecule has 86 valence electrons. The normalized spacial score (nSPS) is 16.9. The molecule has 16 heavy (non-hydrogen) atoms. The first-order chi connectivity index (χ1) is 7.70. The maximum atomic E-state index is 11.9. The lowest BCUT2D eigenvalue weighted by Gasteiger charge is -2.09. The van der Waals surface area contributed by atoms with Crippen LogP contribution >= 0.6 is 0 Å². The molecule has 1 aliphatic rings. The molecule has 0 spiro atoms. The van der Waals surface area contributed by atoms with Crippen molar-refractivity contribution in [1.29, 1.82) is 0 Å². The van der Waals surface area contributed by atoms with Gasteiger partial charge < -0.3 is 4.74 Å². The summed E-state index contributed by atoms with van der Waals surface area (Å²) in [4.78, 5) is 11.9. The van der Waals surface area contributed by atoms with Crippen LogP contribution in [0.25, 0.3) is 0 Å². The number of hydrogen-bond donors (Lipinski definition) is 0. The number of carbonyl (C=O) groups excluding carboxylic acids is 1. The maximum Gasteiger partial charge on any atom is 0.140 e. The Morgan fingerprint density at radius 1 is 1.38 bits per heavy atom. The van der Waals surface area contributed by atoms with E-state index in [9.17, 15) is 4.79 Å².